The number of rotatable bonds is 10. The number of benzene rings is 3. The van der Waals surface area contributed by atoms with E-state index in [1.165, 1.54) is 32.4 Å². The van der Waals surface area contributed by atoms with Gasteiger partial charge in [-0.3, -0.25) is 9.59 Å². The molecular formula is C28H28N2O6. The number of carbonyl (C=O) groups excluding carboxylic acids is 4. The van der Waals surface area contributed by atoms with E-state index in [2.05, 4.69) is 10.6 Å². The minimum atomic E-state index is -0.906. The molecule has 2 atom stereocenters. The molecule has 0 fully saturated rings. The smallest absolute Gasteiger partial charge is 0.328 e. The molecule has 2 N–H and O–H groups in total. The van der Waals surface area contributed by atoms with Crippen LogP contribution in [0.2, 0.25) is 0 Å². The monoisotopic (exact) mass is 488 g/mol. The van der Waals surface area contributed by atoms with Gasteiger partial charge in [-0.1, -0.05) is 66.7 Å². The molecule has 0 unspecified atom stereocenters. The van der Waals surface area contributed by atoms with E-state index >= 15 is 0 Å². The molecule has 0 saturated carbocycles. The standard InChI is InChI=1S/C28H28N2O6/c1-35-27(33)23(16-19-10-5-3-6-11-19)29-25(31)21-14-9-15-22(18-21)26(32)30-24(28(34)36-2)17-20-12-7-4-8-13-20/h3-15,18,23-24H,16-17H2,1-2H3,(H,29,31)(H,30,32)/t23-,24-/m0/s1. The molecule has 0 aromatic heterocycles. The third kappa shape index (κ3) is 7.27. The van der Waals surface area contributed by atoms with E-state index < -0.39 is 35.8 Å². The topological polar surface area (TPSA) is 111 Å². The van der Waals surface area contributed by atoms with Crippen molar-refractivity contribution in [2.45, 2.75) is 24.9 Å². The van der Waals surface area contributed by atoms with Crippen LogP contribution in [0.15, 0.2) is 84.9 Å². The first-order valence-corrected chi connectivity index (χ1v) is 11.4. The molecule has 0 spiro atoms. The number of hydrogen-bond acceptors (Lipinski definition) is 6. The van der Waals surface area contributed by atoms with E-state index in [-0.39, 0.29) is 24.0 Å². The van der Waals surface area contributed by atoms with Crippen molar-refractivity contribution in [3.63, 3.8) is 0 Å². The highest BCUT2D eigenvalue weighted by atomic mass is 16.5. The fourth-order valence-corrected chi connectivity index (χ4v) is 3.66. The summed E-state index contributed by atoms with van der Waals surface area (Å²) in [6.07, 6.45) is 0.499. The van der Waals surface area contributed by atoms with E-state index in [1.807, 2.05) is 60.7 Å². The second kappa shape index (κ2) is 12.9. The van der Waals surface area contributed by atoms with Crippen molar-refractivity contribution in [3.05, 3.63) is 107 Å². The summed E-state index contributed by atoms with van der Waals surface area (Å²) in [6, 6.07) is 22.7. The number of hydrogen-bond donors (Lipinski definition) is 2. The summed E-state index contributed by atoms with van der Waals surface area (Å²) < 4.78 is 9.69. The Kier molecular flexibility index (Phi) is 9.33. The van der Waals surface area contributed by atoms with Crippen LogP contribution < -0.4 is 10.6 Å². The lowest BCUT2D eigenvalue weighted by Crippen LogP contribution is -2.44. The van der Waals surface area contributed by atoms with Crippen LogP contribution in [-0.4, -0.2) is 50.1 Å². The van der Waals surface area contributed by atoms with Crippen LogP contribution in [-0.2, 0) is 31.9 Å². The predicted octanol–water partition coefficient (Wildman–Crippen LogP) is 2.71. The molecule has 2 amide bonds. The maximum atomic E-state index is 12.9. The summed E-state index contributed by atoms with van der Waals surface area (Å²) in [5, 5.41) is 5.36. The number of methoxy groups -OCH3 is 2. The Hall–Kier alpha value is -4.46. The van der Waals surface area contributed by atoms with Crippen LogP contribution in [0.4, 0.5) is 0 Å². The van der Waals surface area contributed by atoms with Crippen LogP contribution in [0.3, 0.4) is 0 Å². The second-order valence-corrected chi connectivity index (χ2v) is 8.06. The summed E-state index contributed by atoms with van der Waals surface area (Å²) in [7, 11) is 2.51. The lowest BCUT2D eigenvalue weighted by Gasteiger charge is -2.18. The van der Waals surface area contributed by atoms with Crippen LogP contribution >= 0.6 is 0 Å². The Morgan fingerprint density at radius 1 is 0.611 bits per heavy atom. The summed E-state index contributed by atoms with van der Waals surface area (Å²) >= 11 is 0. The van der Waals surface area contributed by atoms with Gasteiger partial charge in [-0.2, -0.15) is 0 Å². The van der Waals surface area contributed by atoms with Crippen molar-refractivity contribution in [3.8, 4) is 0 Å². The van der Waals surface area contributed by atoms with Gasteiger partial charge in [0.15, 0.2) is 0 Å². The molecule has 3 rings (SSSR count). The maximum absolute atomic E-state index is 12.9. The predicted molar refractivity (Wildman–Crippen MR) is 133 cm³/mol. The van der Waals surface area contributed by atoms with Gasteiger partial charge in [-0.05, 0) is 29.3 Å². The van der Waals surface area contributed by atoms with Crippen molar-refractivity contribution < 1.29 is 28.7 Å². The number of ether oxygens (including phenoxy) is 2. The number of carbonyl (C=O) groups is 4. The third-order valence-electron chi connectivity index (χ3n) is 5.53. The molecule has 0 bridgehead atoms. The molecule has 186 valence electrons. The molecule has 0 aliphatic rings. The van der Waals surface area contributed by atoms with E-state index in [4.69, 9.17) is 9.47 Å². The van der Waals surface area contributed by atoms with Crippen molar-refractivity contribution in [2.24, 2.45) is 0 Å². The van der Waals surface area contributed by atoms with E-state index in [1.54, 1.807) is 6.07 Å². The zero-order chi connectivity index (χ0) is 25.9. The molecule has 0 radical (unpaired) electrons. The number of esters is 2. The van der Waals surface area contributed by atoms with Gasteiger partial charge in [-0.25, -0.2) is 9.59 Å². The molecule has 3 aromatic carbocycles. The normalized spacial score (nSPS) is 12.1. The Bertz CT molecular complexity index is 1110. The van der Waals surface area contributed by atoms with Crippen LogP contribution in [0.5, 0.6) is 0 Å². The van der Waals surface area contributed by atoms with Gasteiger partial charge in [0.25, 0.3) is 11.8 Å². The van der Waals surface area contributed by atoms with E-state index in [0.29, 0.717) is 0 Å². The zero-order valence-electron chi connectivity index (χ0n) is 20.1. The molecule has 8 nitrogen and oxygen atoms in total. The molecule has 8 heteroatoms. The molecule has 0 aliphatic heterocycles. The zero-order valence-corrected chi connectivity index (χ0v) is 20.1. The molecule has 3 aromatic rings. The lowest BCUT2D eigenvalue weighted by atomic mass is 10.0. The quantitative estimate of drug-likeness (QED) is 0.425. The largest absolute Gasteiger partial charge is 0.467 e. The lowest BCUT2D eigenvalue weighted by molar-refractivity contribution is -0.143. The Labute approximate surface area is 209 Å². The van der Waals surface area contributed by atoms with E-state index in [9.17, 15) is 19.2 Å². The van der Waals surface area contributed by atoms with Gasteiger partial charge in [0.1, 0.15) is 12.1 Å². The third-order valence-corrected chi connectivity index (χ3v) is 5.53. The first-order valence-electron chi connectivity index (χ1n) is 11.4. The van der Waals surface area contributed by atoms with Crippen molar-refractivity contribution in [1.82, 2.24) is 10.6 Å². The first-order chi connectivity index (χ1) is 17.4. The van der Waals surface area contributed by atoms with Gasteiger partial charge >= 0.3 is 11.9 Å². The molecule has 0 heterocycles. The summed E-state index contributed by atoms with van der Waals surface area (Å²) in [5.41, 5.74) is 2.08. The molecule has 36 heavy (non-hydrogen) atoms. The molecule has 0 saturated heterocycles. The minimum absolute atomic E-state index is 0.183. The fourth-order valence-electron chi connectivity index (χ4n) is 3.66. The number of nitrogens with one attached hydrogen (secondary N) is 2. The van der Waals surface area contributed by atoms with E-state index in [0.717, 1.165) is 11.1 Å². The highest BCUT2D eigenvalue weighted by Gasteiger charge is 2.25. The average Bonchev–Trinajstić information content (AvgIpc) is 2.92. The Morgan fingerprint density at radius 2 is 1.00 bits per heavy atom. The van der Waals surface area contributed by atoms with Crippen molar-refractivity contribution >= 4 is 23.8 Å². The van der Waals surface area contributed by atoms with Crippen molar-refractivity contribution in [1.29, 1.82) is 0 Å². The molecule has 0 aliphatic carbocycles. The molecular weight excluding hydrogens is 460 g/mol. The average molecular weight is 489 g/mol. The first kappa shape index (κ1) is 26.2. The SMILES string of the molecule is COC(=O)[C@H](Cc1ccccc1)NC(=O)c1cccc(C(=O)N[C@@H](Cc2ccccc2)C(=O)OC)c1. The highest BCUT2D eigenvalue weighted by Crippen LogP contribution is 2.11. The summed E-state index contributed by atoms with van der Waals surface area (Å²) in [5.74, 6) is -2.24. The van der Waals surface area contributed by atoms with Gasteiger partial charge < -0.3 is 20.1 Å². The highest BCUT2D eigenvalue weighted by molar-refractivity contribution is 6.01. The minimum Gasteiger partial charge on any atom is -0.467 e. The Morgan fingerprint density at radius 3 is 1.36 bits per heavy atom. The van der Waals surface area contributed by atoms with Crippen LogP contribution in [0.25, 0.3) is 0 Å². The van der Waals surface area contributed by atoms with Crippen molar-refractivity contribution in [2.75, 3.05) is 14.2 Å². The van der Waals surface area contributed by atoms with Gasteiger partial charge in [0.2, 0.25) is 0 Å². The summed E-state index contributed by atoms with van der Waals surface area (Å²) in [4.78, 5) is 50.4. The number of amides is 2. The van der Waals surface area contributed by atoms with Crippen LogP contribution in [0, 0.1) is 0 Å². The van der Waals surface area contributed by atoms with Gasteiger partial charge in [-0.15, -0.1) is 0 Å². The van der Waals surface area contributed by atoms with Gasteiger partial charge in [0, 0.05) is 24.0 Å². The summed E-state index contributed by atoms with van der Waals surface area (Å²) in [6.45, 7) is 0. The fraction of sp³-hybridized carbons (Fsp3) is 0.214. The second-order valence-electron chi connectivity index (χ2n) is 8.06. The maximum Gasteiger partial charge on any atom is 0.328 e. The van der Waals surface area contributed by atoms with Crippen LogP contribution in [0.1, 0.15) is 31.8 Å². The van der Waals surface area contributed by atoms with Gasteiger partial charge in [0.05, 0.1) is 14.2 Å². The Balaban J connectivity index is 1.73.